The highest BCUT2D eigenvalue weighted by Crippen LogP contribution is 2.17. The Balaban J connectivity index is 1.85. The second-order valence-electron chi connectivity index (χ2n) is 5.03. The fraction of sp³-hybridized carbons (Fsp3) is 0.571. The zero-order valence-electron chi connectivity index (χ0n) is 11.3. The molecule has 18 heavy (non-hydrogen) atoms. The van der Waals surface area contributed by atoms with E-state index in [-0.39, 0.29) is 0 Å². The number of hydrogen-bond acceptors (Lipinski definition) is 4. The van der Waals surface area contributed by atoms with Crippen molar-refractivity contribution >= 4 is 11.4 Å². The molecule has 100 valence electrons. The zero-order valence-corrected chi connectivity index (χ0v) is 11.3. The molecule has 0 bridgehead atoms. The third-order valence-electron chi connectivity index (χ3n) is 3.32. The van der Waals surface area contributed by atoms with Crippen LogP contribution in [0.4, 0.5) is 11.4 Å². The Labute approximate surface area is 109 Å². The van der Waals surface area contributed by atoms with Crippen molar-refractivity contribution in [2.45, 2.75) is 19.9 Å². The van der Waals surface area contributed by atoms with Crippen molar-refractivity contribution in [3.8, 4) is 0 Å². The molecular formula is C14H23N3O. The fourth-order valence-corrected chi connectivity index (χ4v) is 2.27. The summed E-state index contributed by atoms with van der Waals surface area (Å²) >= 11 is 0. The van der Waals surface area contributed by atoms with Crippen molar-refractivity contribution in [3.05, 3.63) is 23.8 Å². The van der Waals surface area contributed by atoms with E-state index in [0.29, 0.717) is 6.04 Å². The van der Waals surface area contributed by atoms with Crippen LogP contribution in [0.2, 0.25) is 0 Å². The number of nitrogen functional groups attached to an aromatic ring is 1. The molecule has 0 amide bonds. The first-order valence-electron chi connectivity index (χ1n) is 6.58. The topological polar surface area (TPSA) is 50.5 Å². The van der Waals surface area contributed by atoms with Gasteiger partial charge in [-0.15, -0.1) is 0 Å². The average molecular weight is 249 g/mol. The Morgan fingerprint density at radius 3 is 2.78 bits per heavy atom. The Morgan fingerprint density at radius 2 is 2.11 bits per heavy atom. The molecule has 1 aliphatic heterocycles. The maximum atomic E-state index is 5.82. The van der Waals surface area contributed by atoms with Gasteiger partial charge in [0, 0.05) is 37.1 Å². The summed E-state index contributed by atoms with van der Waals surface area (Å²) in [5, 5.41) is 3.52. The lowest BCUT2D eigenvalue weighted by molar-refractivity contribution is 0.0368. The summed E-state index contributed by atoms with van der Waals surface area (Å²) in [6, 6.07) is 6.52. The number of nitrogens with zero attached hydrogens (tertiary/aromatic N) is 1. The highest BCUT2D eigenvalue weighted by Gasteiger charge is 2.13. The summed E-state index contributed by atoms with van der Waals surface area (Å²) in [6.45, 7) is 9.07. The highest BCUT2D eigenvalue weighted by atomic mass is 16.5. The van der Waals surface area contributed by atoms with Crippen molar-refractivity contribution in [2.24, 2.45) is 0 Å². The molecule has 1 saturated heterocycles. The van der Waals surface area contributed by atoms with Gasteiger partial charge in [0.05, 0.1) is 13.2 Å². The molecule has 0 aromatic heterocycles. The minimum absolute atomic E-state index is 0.422. The maximum Gasteiger partial charge on any atom is 0.0594 e. The van der Waals surface area contributed by atoms with Crippen molar-refractivity contribution in [1.29, 1.82) is 0 Å². The van der Waals surface area contributed by atoms with Gasteiger partial charge < -0.3 is 15.8 Å². The summed E-state index contributed by atoms with van der Waals surface area (Å²) < 4.78 is 5.35. The van der Waals surface area contributed by atoms with Gasteiger partial charge in [0.2, 0.25) is 0 Å². The Morgan fingerprint density at radius 1 is 1.39 bits per heavy atom. The largest absolute Gasteiger partial charge is 0.399 e. The van der Waals surface area contributed by atoms with E-state index in [1.165, 1.54) is 0 Å². The first kappa shape index (κ1) is 13.2. The van der Waals surface area contributed by atoms with Gasteiger partial charge in [0.15, 0.2) is 0 Å². The number of morpholine rings is 1. The average Bonchev–Trinajstić information content (AvgIpc) is 2.35. The lowest BCUT2D eigenvalue weighted by Crippen LogP contribution is -2.42. The van der Waals surface area contributed by atoms with Gasteiger partial charge in [-0.2, -0.15) is 0 Å². The molecule has 4 heteroatoms. The number of hydrogen-bond donors (Lipinski definition) is 2. The number of nitrogens with one attached hydrogen (secondary N) is 1. The highest BCUT2D eigenvalue weighted by molar-refractivity contribution is 5.56. The molecule has 1 unspecified atom stereocenters. The van der Waals surface area contributed by atoms with E-state index in [1.54, 1.807) is 0 Å². The molecule has 0 aliphatic carbocycles. The van der Waals surface area contributed by atoms with Crippen molar-refractivity contribution in [3.63, 3.8) is 0 Å². The van der Waals surface area contributed by atoms with Crippen LogP contribution in [-0.2, 0) is 4.74 Å². The molecule has 1 aliphatic rings. The predicted octanol–water partition coefficient (Wildman–Crippen LogP) is 1.71. The van der Waals surface area contributed by atoms with Crippen LogP contribution < -0.4 is 11.1 Å². The number of nitrogens with two attached hydrogens (primary N) is 1. The van der Waals surface area contributed by atoms with Crippen LogP contribution in [0.15, 0.2) is 18.2 Å². The van der Waals surface area contributed by atoms with Crippen molar-refractivity contribution in [1.82, 2.24) is 4.90 Å². The van der Waals surface area contributed by atoms with Crippen molar-refractivity contribution in [2.75, 3.05) is 43.9 Å². The summed E-state index contributed by atoms with van der Waals surface area (Å²) in [5.74, 6) is 0. The molecule has 1 aromatic rings. The third kappa shape index (κ3) is 3.62. The molecule has 2 rings (SSSR count). The van der Waals surface area contributed by atoms with Gasteiger partial charge in [-0.3, -0.25) is 4.90 Å². The number of anilines is 2. The number of benzene rings is 1. The first-order chi connectivity index (χ1) is 8.65. The van der Waals surface area contributed by atoms with Crippen LogP contribution >= 0.6 is 0 Å². The molecule has 0 saturated carbocycles. The van der Waals surface area contributed by atoms with E-state index >= 15 is 0 Å². The Hall–Kier alpha value is -1.26. The minimum Gasteiger partial charge on any atom is -0.399 e. The number of aryl methyl sites for hydroxylation is 1. The van der Waals surface area contributed by atoms with Crippen LogP contribution in [0, 0.1) is 6.92 Å². The van der Waals surface area contributed by atoms with Crippen LogP contribution in [0.5, 0.6) is 0 Å². The van der Waals surface area contributed by atoms with E-state index in [1.807, 2.05) is 19.1 Å². The van der Waals surface area contributed by atoms with Crippen LogP contribution in [-0.4, -0.2) is 43.8 Å². The van der Waals surface area contributed by atoms with E-state index in [9.17, 15) is 0 Å². The zero-order chi connectivity index (χ0) is 13.0. The Kier molecular flexibility index (Phi) is 4.44. The number of rotatable bonds is 4. The molecular weight excluding hydrogens is 226 g/mol. The van der Waals surface area contributed by atoms with Gasteiger partial charge in [-0.1, -0.05) is 0 Å². The van der Waals surface area contributed by atoms with Gasteiger partial charge in [-0.05, 0) is 37.6 Å². The van der Waals surface area contributed by atoms with Crippen molar-refractivity contribution < 1.29 is 4.74 Å². The monoisotopic (exact) mass is 249 g/mol. The number of ether oxygens (including phenoxy) is 1. The minimum atomic E-state index is 0.422. The van der Waals surface area contributed by atoms with Crippen LogP contribution in [0.1, 0.15) is 12.5 Å². The fourth-order valence-electron chi connectivity index (χ4n) is 2.27. The van der Waals surface area contributed by atoms with E-state index in [4.69, 9.17) is 10.5 Å². The molecule has 1 aromatic carbocycles. The summed E-state index contributed by atoms with van der Waals surface area (Å²) in [7, 11) is 0. The normalized spacial score (nSPS) is 18.6. The van der Waals surface area contributed by atoms with E-state index in [2.05, 4.69) is 23.2 Å². The maximum absolute atomic E-state index is 5.82. The van der Waals surface area contributed by atoms with Gasteiger partial charge in [-0.25, -0.2) is 0 Å². The molecule has 4 nitrogen and oxygen atoms in total. The second kappa shape index (κ2) is 6.07. The van der Waals surface area contributed by atoms with Gasteiger partial charge >= 0.3 is 0 Å². The quantitative estimate of drug-likeness (QED) is 0.798. The molecule has 3 N–H and O–H groups in total. The predicted molar refractivity (Wildman–Crippen MR) is 75.9 cm³/mol. The van der Waals surface area contributed by atoms with E-state index < -0.39 is 0 Å². The summed E-state index contributed by atoms with van der Waals surface area (Å²) in [5.41, 5.74) is 8.93. The SMILES string of the molecule is Cc1cc(NC(C)CN2CCOCC2)ccc1N. The molecule has 0 radical (unpaired) electrons. The second-order valence-corrected chi connectivity index (χ2v) is 5.03. The molecule has 1 atom stereocenters. The smallest absolute Gasteiger partial charge is 0.0594 e. The summed E-state index contributed by atoms with van der Waals surface area (Å²) in [6.07, 6.45) is 0. The molecule has 0 spiro atoms. The van der Waals surface area contributed by atoms with E-state index in [0.717, 1.165) is 49.8 Å². The van der Waals surface area contributed by atoms with Crippen LogP contribution in [0.25, 0.3) is 0 Å². The third-order valence-corrected chi connectivity index (χ3v) is 3.32. The molecule has 1 fully saturated rings. The lowest BCUT2D eigenvalue weighted by Gasteiger charge is -2.29. The first-order valence-corrected chi connectivity index (χ1v) is 6.58. The summed E-state index contributed by atoms with van der Waals surface area (Å²) in [4.78, 5) is 2.44. The van der Waals surface area contributed by atoms with Gasteiger partial charge in [0.25, 0.3) is 0 Å². The standard InChI is InChI=1S/C14H23N3O/c1-11-9-13(3-4-14(11)15)16-12(2)10-17-5-7-18-8-6-17/h3-4,9,12,16H,5-8,10,15H2,1-2H3. The molecule has 1 heterocycles. The van der Waals surface area contributed by atoms with Gasteiger partial charge in [0.1, 0.15) is 0 Å². The lowest BCUT2D eigenvalue weighted by atomic mass is 10.1. The Bertz CT molecular complexity index is 389. The van der Waals surface area contributed by atoms with Crippen LogP contribution in [0.3, 0.4) is 0 Å².